The predicted octanol–water partition coefficient (Wildman–Crippen LogP) is 3.10. The highest BCUT2D eigenvalue weighted by atomic mass is 35.5. The van der Waals surface area contributed by atoms with Crippen LogP contribution in [-0.2, 0) is 0 Å². The lowest BCUT2D eigenvalue weighted by Gasteiger charge is -2.34. The van der Waals surface area contributed by atoms with Crippen molar-refractivity contribution in [2.24, 2.45) is 11.8 Å². The number of carbonyl (C=O) groups is 1. The van der Waals surface area contributed by atoms with E-state index in [4.69, 9.17) is 23.2 Å². The number of carbonyl (C=O) groups excluding carboxylic acids is 1. The van der Waals surface area contributed by atoms with E-state index in [0.717, 1.165) is 38.5 Å². The third kappa shape index (κ3) is 3.22. The summed E-state index contributed by atoms with van der Waals surface area (Å²) >= 11 is 11.9. The van der Waals surface area contributed by atoms with Crippen molar-refractivity contribution in [3.63, 3.8) is 0 Å². The molecule has 6 heteroatoms. The van der Waals surface area contributed by atoms with Crippen molar-refractivity contribution in [1.82, 2.24) is 10.2 Å². The van der Waals surface area contributed by atoms with Crippen molar-refractivity contribution < 1.29 is 4.79 Å². The van der Waals surface area contributed by atoms with Crippen LogP contribution in [0.2, 0.25) is 10.0 Å². The van der Waals surface area contributed by atoms with Crippen molar-refractivity contribution >= 4 is 41.5 Å². The van der Waals surface area contributed by atoms with Crippen LogP contribution in [0, 0.1) is 11.8 Å². The van der Waals surface area contributed by atoms with Gasteiger partial charge in [-0.25, -0.2) is 0 Å². The second-order valence-corrected chi connectivity index (χ2v) is 6.25. The van der Waals surface area contributed by atoms with Crippen LogP contribution in [0.25, 0.3) is 0 Å². The Morgan fingerprint density at radius 3 is 2.50 bits per heavy atom. The summed E-state index contributed by atoms with van der Waals surface area (Å²) in [5, 5.41) is 4.42. The summed E-state index contributed by atoms with van der Waals surface area (Å²) in [6.45, 7) is 3.77. The monoisotopic (exact) mass is 334 g/mol. The van der Waals surface area contributed by atoms with E-state index < -0.39 is 0 Å². The summed E-state index contributed by atoms with van der Waals surface area (Å²) < 4.78 is 0. The van der Waals surface area contributed by atoms with Gasteiger partial charge in [-0.05, 0) is 49.5 Å². The van der Waals surface area contributed by atoms with Gasteiger partial charge in [0, 0.05) is 28.7 Å². The van der Waals surface area contributed by atoms with Gasteiger partial charge in [0.2, 0.25) is 0 Å². The fraction of sp³-hybridized carbons (Fsp3) is 0.500. The number of benzene rings is 1. The Labute approximate surface area is 135 Å². The number of nitrogens with one attached hydrogen (secondary N) is 1. The molecule has 0 bridgehead atoms. The van der Waals surface area contributed by atoms with E-state index in [-0.39, 0.29) is 18.3 Å². The first-order valence-electron chi connectivity index (χ1n) is 6.59. The lowest BCUT2D eigenvalue weighted by atomic mass is 9.88. The van der Waals surface area contributed by atoms with Crippen LogP contribution in [0.4, 0.5) is 0 Å². The zero-order chi connectivity index (χ0) is 13.4. The minimum atomic E-state index is 0. The Bertz CT molecular complexity index is 489. The van der Waals surface area contributed by atoms with E-state index in [1.165, 1.54) is 0 Å². The van der Waals surface area contributed by atoms with Gasteiger partial charge in [0.25, 0.3) is 5.91 Å². The molecule has 1 aromatic carbocycles. The second-order valence-electron chi connectivity index (χ2n) is 5.38. The number of rotatable bonds is 1. The standard InChI is InChI=1S/C14H16Cl2N2O.ClH/c15-12-3-10(4-13(16)5-12)14(19)18-2-1-9-6-17-7-11(9)8-18;/h3-5,9,11,17H,1-2,6-8H2;1H. The molecule has 110 valence electrons. The molecule has 2 heterocycles. The van der Waals surface area contributed by atoms with E-state index in [9.17, 15) is 4.79 Å². The molecule has 0 radical (unpaired) electrons. The maximum Gasteiger partial charge on any atom is 0.253 e. The number of piperidine rings is 1. The molecule has 2 aliphatic heterocycles. The molecule has 0 spiro atoms. The van der Waals surface area contributed by atoms with Crippen molar-refractivity contribution in [3.05, 3.63) is 33.8 Å². The summed E-state index contributed by atoms with van der Waals surface area (Å²) in [5.74, 6) is 1.36. The zero-order valence-electron chi connectivity index (χ0n) is 10.9. The van der Waals surface area contributed by atoms with Crippen molar-refractivity contribution in [3.8, 4) is 0 Å². The van der Waals surface area contributed by atoms with Gasteiger partial charge in [-0.3, -0.25) is 4.79 Å². The molecule has 0 saturated carbocycles. The smallest absolute Gasteiger partial charge is 0.253 e. The van der Waals surface area contributed by atoms with E-state index in [2.05, 4.69) is 5.32 Å². The first-order valence-corrected chi connectivity index (χ1v) is 7.35. The fourth-order valence-electron chi connectivity index (χ4n) is 3.08. The molecular formula is C14H17Cl3N2O. The molecule has 2 unspecified atom stereocenters. The number of hydrogen-bond acceptors (Lipinski definition) is 2. The third-order valence-electron chi connectivity index (χ3n) is 4.10. The zero-order valence-corrected chi connectivity index (χ0v) is 13.3. The van der Waals surface area contributed by atoms with Gasteiger partial charge in [0.05, 0.1) is 0 Å². The fourth-order valence-corrected chi connectivity index (χ4v) is 3.61. The van der Waals surface area contributed by atoms with Gasteiger partial charge >= 0.3 is 0 Å². The van der Waals surface area contributed by atoms with Gasteiger partial charge < -0.3 is 10.2 Å². The molecule has 2 aliphatic rings. The summed E-state index contributed by atoms with van der Waals surface area (Å²) in [7, 11) is 0. The van der Waals surface area contributed by atoms with Crippen LogP contribution in [0.5, 0.6) is 0 Å². The number of amides is 1. The number of halogens is 3. The summed E-state index contributed by atoms with van der Waals surface area (Å²) in [6, 6.07) is 5.02. The number of fused-ring (bicyclic) bond motifs is 1. The van der Waals surface area contributed by atoms with E-state index in [1.54, 1.807) is 18.2 Å². The molecule has 3 nitrogen and oxygen atoms in total. The Hall–Kier alpha value is -0.480. The molecule has 2 saturated heterocycles. The van der Waals surface area contributed by atoms with E-state index in [1.807, 2.05) is 4.90 Å². The molecule has 20 heavy (non-hydrogen) atoms. The largest absolute Gasteiger partial charge is 0.338 e. The van der Waals surface area contributed by atoms with Crippen LogP contribution in [0.1, 0.15) is 16.8 Å². The van der Waals surface area contributed by atoms with Crippen LogP contribution in [-0.4, -0.2) is 37.0 Å². The summed E-state index contributed by atoms with van der Waals surface area (Å²) in [4.78, 5) is 14.4. The van der Waals surface area contributed by atoms with Gasteiger partial charge in [0.15, 0.2) is 0 Å². The Kier molecular flexibility index (Phi) is 5.19. The van der Waals surface area contributed by atoms with Crippen LogP contribution in [0.3, 0.4) is 0 Å². The van der Waals surface area contributed by atoms with Crippen molar-refractivity contribution in [2.75, 3.05) is 26.2 Å². The minimum absolute atomic E-state index is 0. The van der Waals surface area contributed by atoms with Crippen LogP contribution < -0.4 is 5.32 Å². The number of hydrogen-bond donors (Lipinski definition) is 1. The average Bonchev–Trinajstić information content (AvgIpc) is 2.83. The molecule has 2 atom stereocenters. The highest BCUT2D eigenvalue weighted by molar-refractivity contribution is 6.35. The van der Waals surface area contributed by atoms with Crippen LogP contribution >= 0.6 is 35.6 Å². The highest BCUT2D eigenvalue weighted by Gasteiger charge is 2.34. The van der Waals surface area contributed by atoms with E-state index >= 15 is 0 Å². The first kappa shape index (κ1) is 15.9. The second kappa shape index (κ2) is 6.52. The molecule has 3 rings (SSSR count). The molecule has 0 aliphatic carbocycles. The van der Waals surface area contributed by atoms with Crippen molar-refractivity contribution in [1.29, 1.82) is 0 Å². The van der Waals surface area contributed by atoms with Crippen LogP contribution in [0.15, 0.2) is 18.2 Å². The SMILES string of the molecule is Cl.O=C(c1cc(Cl)cc(Cl)c1)N1CCC2CNCC2C1. The average molecular weight is 336 g/mol. The lowest BCUT2D eigenvalue weighted by Crippen LogP contribution is -2.43. The quantitative estimate of drug-likeness (QED) is 0.855. The topological polar surface area (TPSA) is 32.3 Å². The highest BCUT2D eigenvalue weighted by Crippen LogP contribution is 2.28. The summed E-state index contributed by atoms with van der Waals surface area (Å²) in [6.07, 6.45) is 1.08. The minimum Gasteiger partial charge on any atom is -0.338 e. The lowest BCUT2D eigenvalue weighted by molar-refractivity contribution is 0.0642. The first-order chi connectivity index (χ1) is 9.13. The number of nitrogens with zero attached hydrogens (tertiary/aromatic N) is 1. The van der Waals surface area contributed by atoms with E-state index in [0.29, 0.717) is 21.5 Å². The molecule has 2 fully saturated rings. The maximum atomic E-state index is 12.5. The molecule has 1 aromatic rings. The number of likely N-dealkylation sites (tertiary alicyclic amines) is 1. The van der Waals surface area contributed by atoms with Gasteiger partial charge in [-0.15, -0.1) is 12.4 Å². The summed E-state index contributed by atoms with van der Waals surface area (Å²) in [5.41, 5.74) is 0.585. The normalized spacial score (nSPS) is 25.0. The van der Waals surface area contributed by atoms with Gasteiger partial charge in [0.1, 0.15) is 0 Å². The molecule has 1 amide bonds. The molecule has 1 N–H and O–H groups in total. The molecular weight excluding hydrogens is 319 g/mol. The van der Waals surface area contributed by atoms with Gasteiger partial charge in [-0.2, -0.15) is 0 Å². The third-order valence-corrected chi connectivity index (χ3v) is 4.54. The van der Waals surface area contributed by atoms with Crippen molar-refractivity contribution in [2.45, 2.75) is 6.42 Å². The maximum absolute atomic E-state index is 12.5. The Morgan fingerprint density at radius 1 is 1.15 bits per heavy atom. The van der Waals surface area contributed by atoms with Gasteiger partial charge in [-0.1, -0.05) is 23.2 Å². The Balaban J connectivity index is 0.00000147. The molecule has 0 aromatic heterocycles. The predicted molar refractivity (Wildman–Crippen MR) is 84.1 cm³/mol. The Morgan fingerprint density at radius 2 is 1.80 bits per heavy atom.